The van der Waals surface area contributed by atoms with Crippen LogP contribution in [0.1, 0.15) is 16.1 Å². The zero-order valence-corrected chi connectivity index (χ0v) is 9.55. The summed E-state index contributed by atoms with van der Waals surface area (Å²) in [5, 5.41) is 7.00. The summed E-state index contributed by atoms with van der Waals surface area (Å²) in [6.45, 7) is 0. The Labute approximate surface area is 104 Å². The van der Waals surface area contributed by atoms with Crippen LogP contribution in [0.3, 0.4) is 0 Å². The van der Waals surface area contributed by atoms with Gasteiger partial charge in [0.1, 0.15) is 0 Å². The number of carbonyl (C=O) groups is 1. The first-order valence-electron chi connectivity index (χ1n) is 4.73. The molecular weight excluding hydrogens is 267 g/mol. The number of carbonyl (C=O) groups excluding carboxylic acids is 1. The van der Waals surface area contributed by atoms with Crippen molar-refractivity contribution in [2.24, 2.45) is 0 Å². The van der Waals surface area contributed by atoms with Gasteiger partial charge in [-0.2, -0.15) is 13.2 Å². The molecule has 0 unspecified atom stereocenters. The minimum absolute atomic E-state index is 0.0167. The van der Waals surface area contributed by atoms with Crippen molar-refractivity contribution in [3.63, 3.8) is 0 Å². The first kappa shape index (κ1) is 12.5. The lowest BCUT2D eigenvalue weighted by Crippen LogP contribution is -2.16. The number of halogens is 3. The van der Waals surface area contributed by atoms with Crippen LogP contribution in [0.5, 0.6) is 0 Å². The molecule has 94 valence electrons. The number of aromatic nitrogens is 2. The van der Waals surface area contributed by atoms with Crippen molar-refractivity contribution in [3.8, 4) is 0 Å². The number of hydrogen-bond donors (Lipinski definition) is 1. The maximum Gasteiger partial charge on any atom is 0.418 e. The summed E-state index contributed by atoms with van der Waals surface area (Å²) in [4.78, 5) is 11.6. The fraction of sp³-hybridized carbons (Fsp3) is 0.100. The van der Waals surface area contributed by atoms with Crippen molar-refractivity contribution in [1.29, 1.82) is 0 Å². The molecule has 0 atom stereocenters. The molecule has 0 bridgehead atoms. The lowest BCUT2D eigenvalue weighted by Gasteiger charge is -2.12. The number of nitrogens with zero attached hydrogens (tertiary/aromatic N) is 2. The molecule has 0 aliphatic carbocycles. The number of rotatable bonds is 2. The van der Waals surface area contributed by atoms with Gasteiger partial charge in [0.15, 0.2) is 5.69 Å². The van der Waals surface area contributed by atoms with Gasteiger partial charge >= 0.3 is 6.18 Å². The van der Waals surface area contributed by atoms with Gasteiger partial charge < -0.3 is 5.32 Å². The number of alkyl halides is 3. The van der Waals surface area contributed by atoms with Gasteiger partial charge in [-0.05, 0) is 23.7 Å². The van der Waals surface area contributed by atoms with E-state index in [0.717, 1.165) is 17.6 Å². The van der Waals surface area contributed by atoms with Crippen LogP contribution in [0.2, 0.25) is 0 Å². The molecule has 2 rings (SSSR count). The highest BCUT2D eigenvalue weighted by Crippen LogP contribution is 2.34. The molecular formula is C10H6F3N3OS. The average molecular weight is 273 g/mol. The van der Waals surface area contributed by atoms with E-state index in [4.69, 9.17) is 0 Å². The summed E-state index contributed by atoms with van der Waals surface area (Å²) in [5.74, 6) is -0.722. The van der Waals surface area contributed by atoms with E-state index >= 15 is 0 Å². The summed E-state index contributed by atoms with van der Waals surface area (Å²) in [6, 6.07) is 4.74. The quantitative estimate of drug-likeness (QED) is 0.915. The fourth-order valence-electron chi connectivity index (χ4n) is 1.29. The molecule has 2 aromatic rings. The maximum absolute atomic E-state index is 12.7. The molecule has 1 aromatic carbocycles. The molecule has 1 aromatic heterocycles. The second kappa shape index (κ2) is 4.73. The third-order valence-corrected chi connectivity index (χ3v) is 2.58. The molecule has 0 aliphatic rings. The molecule has 0 spiro atoms. The Hall–Kier alpha value is -1.96. The van der Waals surface area contributed by atoms with E-state index in [1.165, 1.54) is 23.6 Å². The van der Waals surface area contributed by atoms with Crippen LogP contribution in [0.4, 0.5) is 18.9 Å². The Morgan fingerprint density at radius 3 is 2.61 bits per heavy atom. The topological polar surface area (TPSA) is 54.9 Å². The van der Waals surface area contributed by atoms with Gasteiger partial charge in [-0.25, -0.2) is 0 Å². The Morgan fingerprint density at radius 1 is 1.28 bits per heavy atom. The number of benzene rings is 1. The predicted molar refractivity (Wildman–Crippen MR) is 59.3 cm³/mol. The number of amides is 1. The van der Waals surface area contributed by atoms with Crippen molar-refractivity contribution in [2.75, 3.05) is 5.32 Å². The second-order valence-corrected chi connectivity index (χ2v) is 3.90. The van der Waals surface area contributed by atoms with Crippen molar-refractivity contribution in [3.05, 3.63) is 40.9 Å². The average Bonchev–Trinajstić information content (AvgIpc) is 2.81. The standard InChI is InChI=1S/C10H6F3N3OS/c11-10(12,13)6-3-1-2-4-7(6)14-9(17)8-5-18-16-15-8/h1-5H,(H,14,17). The molecule has 1 N–H and O–H groups in total. The molecule has 4 nitrogen and oxygen atoms in total. The Morgan fingerprint density at radius 2 is 2.00 bits per heavy atom. The summed E-state index contributed by atoms with van der Waals surface area (Å²) in [6.07, 6.45) is -4.52. The van der Waals surface area contributed by atoms with E-state index in [9.17, 15) is 18.0 Å². The van der Waals surface area contributed by atoms with E-state index in [1.807, 2.05) is 0 Å². The molecule has 18 heavy (non-hydrogen) atoms. The van der Waals surface area contributed by atoms with Crippen LogP contribution in [-0.4, -0.2) is 15.5 Å². The largest absolute Gasteiger partial charge is 0.418 e. The van der Waals surface area contributed by atoms with E-state index in [-0.39, 0.29) is 11.4 Å². The van der Waals surface area contributed by atoms with Gasteiger partial charge in [0.25, 0.3) is 5.91 Å². The molecule has 0 aliphatic heterocycles. The minimum Gasteiger partial charge on any atom is -0.320 e. The Balaban J connectivity index is 2.27. The summed E-state index contributed by atoms with van der Waals surface area (Å²) in [5.41, 5.74) is -1.22. The second-order valence-electron chi connectivity index (χ2n) is 3.29. The molecule has 1 heterocycles. The highest BCUT2D eigenvalue weighted by Gasteiger charge is 2.33. The first-order valence-corrected chi connectivity index (χ1v) is 5.57. The van der Waals surface area contributed by atoms with E-state index in [1.54, 1.807) is 0 Å². The predicted octanol–water partition coefficient (Wildman–Crippen LogP) is 2.81. The SMILES string of the molecule is O=C(Nc1ccccc1C(F)(F)F)c1csnn1. The van der Waals surface area contributed by atoms with Crippen LogP contribution in [0.15, 0.2) is 29.6 Å². The Kier molecular flexibility index (Phi) is 3.28. The van der Waals surface area contributed by atoms with E-state index in [0.29, 0.717) is 0 Å². The molecule has 0 radical (unpaired) electrons. The van der Waals surface area contributed by atoms with Gasteiger partial charge in [0.05, 0.1) is 11.3 Å². The van der Waals surface area contributed by atoms with Crippen molar-refractivity contribution in [2.45, 2.75) is 6.18 Å². The smallest absolute Gasteiger partial charge is 0.320 e. The highest BCUT2D eigenvalue weighted by molar-refractivity contribution is 7.03. The highest BCUT2D eigenvalue weighted by atomic mass is 32.1. The number of anilines is 1. The number of nitrogens with one attached hydrogen (secondary N) is 1. The number of hydrogen-bond acceptors (Lipinski definition) is 4. The lowest BCUT2D eigenvalue weighted by molar-refractivity contribution is -0.136. The van der Waals surface area contributed by atoms with Gasteiger partial charge in [-0.15, -0.1) is 5.10 Å². The zero-order chi connectivity index (χ0) is 13.2. The lowest BCUT2D eigenvalue weighted by atomic mass is 10.1. The van der Waals surface area contributed by atoms with Gasteiger partial charge in [-0.3, -0.25) is 4.79 Å². The van der Waals surface area contributed by atoms with Gasteiger partial charge in [0, 0.05) is 5.38 Å². The minimum atomic E-state index is -4.52. The third kappa shape index (κ3) is 2.65. The molecule has 0 saturated heterocycles. The van der Waals surface area contributed by atoms with Crippen LogP contribution >= 0.6 is 11.5 Å². The van der Waals surface area contributed by atoms with Crippen molar-refractivity contribution >= 4 is 23.1 Å². The molecule has 0 fully saturated rings. The third-order valence-electron chi connectivity index (χ3n) is 2.07. The van der Waals surface area contributed by atoms with E-state index in [2.05, 4.69) is 14.9 Å². The summed E-state index contributed by atoms with van der Waals surface area (Å²) in [7, 11) is 0. The normalized spacial score (nSPS) is 11.3. The van der Waals surface area contributed by atoms with Crippen LogP contribution in [-0.2, 0) is 6.18 Å². The summed E-state index contributed by atoms with van der Waals surface area (Å²) >= 11 is 0.944. The zero-order valence-electron chi connectivity index (χ0n) is 8.73. The fourth-order valence-corrected chi connectivity index (χ4v) is 1.73. The molecule has 1 amide bonds. The van der Waals surface area contributed by atoms with Crippen LogP contribution < -0.4 is 5.32 Å². The number of para-hydroxylation sites is 1. The van der Waals surface area contributed by atoms with Crippen molar-refractivity contribution in [1.82, 2.24) is 9.59 Å². The Bertz CT molecular complexity index is 554. The molecule has 0 saturated carbocycles. The van der Waals surface area contributed by atoms with E-state index < -0.39 is 17.6 Å². The van der Waals surface area contributed by atoms with Crippen LogP contribution in [0.25, 0.3) is 0 Å². The maximum atomic E-state index is 12.7. The van der Waals surface area contributed by atoms with Crippen LogP contribution in [0, 0.1) is 0 Å². The van der Waals surface area contributed by atoms with Crippen molar-refractivity contribution < 1.29 is 18.0 Å². The summed E-state index contributed by atoms with van der Waals surface area (Å²) < 4.78 is 41.5. The van der Waals surface area contributed by atoms with Gasteiger partial charge in [0.2, 0.25) is 0 Å². The monoisotopic (exact) mass is 273 g/mol. The molecule has 8 heteroatoms. The first-order chi connectivity index (χ1) is 8.48. The van der Waals surface area contributed by atoms with Gasteiger partial charge in [-0.1, -0.05) is 16.6 Å².